The van der Waals surface area contributed by atoms with Crippen LogP contribution in [-0.4, -0.2) is 21.2 Å². The summed E-state index contributed by atoms with van der Waals surface area (Å²) in [6.45, 7) is 2.94. The van der Waals surface area contributed by atoms with Crippen LogP contribution in [0, 0.1) is 0 Å². The summed E-state index contributed by atoms with van der Waals surface area (Å²) >= 11 is 5.20. The lowest BCUT2D eigenvalue weighted by Gasteiger charge is -2.18. The van der Waals surface area contributed by atoms with Crippen molar-refractivity contribution in [2.24, 2.45) is 0 Å². The third kappa shape index (κ3) is 4.64. The quantitative estimate of drug-likeness (QED) is 0.819. The topological polar surface area (TPSA) is 46.2 Å². The minimum absolute atomic E-state index is 0.189. The Balaban J connectivity index is 2.21. The number of rotatable bonds is 6. The zero-order valence-corrected chi connectivity index (χ0v) is 15.2. The van der Waals surface area contributed by atoms with Crippen molar-refractivity contribution in [3.8, 4) is 0 Å². The van der Waals surface area contributed by atoms with Crippen LogP contribution in [0.4, 0.5) is 0 Å². The first-order valence-corrected chi connectivity index (χ1v) is 10.2. The van der Waals surface area contributed by atoms with Crippen LogP contribution in [-0.2, 0) is 16.3 Å². The van der Waals surface area contributed by atoms with Gasteiger partial charge in [0.1, 0.15) is 0 Å². The van der Waals surface area contributed by atoms with Crippen molar-refractivity contribution in [3.63, 3.8) is 0 Å². The van der Waals surface area contributed by atoms with Crippen molar-refractivity contribution in [1.82, 2.24) is 5.32 Å². The Hall–Kier alpha value is -0.690. The molecule has 21 heavy (non-hydrogen) atoms. The molecule has 0 spiro atoms. The van der Waals surface area contributed by atoms with Crippen LogP contribution in [0.2, 0.25) is 0 Å². The van der Waals surface area contributed by atoms with Crippen LogP contribution >= 0.6 is 27.3 Å². The van der Waals surface area contributed by atoms with Gasteiger partial charge in [0.2, 0.25) is 0 Å². The van der Waals surface area contributed by atoms with E-state index in [0.717, 1.165) is 23.0 Å². The lowest BCUT2D eigenvalue weighted by molar-refractivity contribution is 0.552. The third-order valence-corrected chi connectivity index (χ3v) is 6.04. The van der Waals surface area contributed by atoms with E-state index in [2.05, 4.69) is 39.6 Å². The number of sulfone groups is 1. The van der Waals surface area contributed by atoms with Crippen molar-refractivity contribution in [3.05, 3.63) is 50.6 Å². The van der Waals surface area contributed by atoms with Crippen LogP contribution < -0.4 is 5.32 Å². The molecule has 1 atom stereocenters. The summed E-state index contributed by atoms with van der Waals surface area (Å²) in [5.41, 5.74) is 1.11. The Morgan fingerprint density at radius 2 is 1.95 bits per heavy atom. The van der Waals surface area contributed by atoms with Gasteiger partial charge in [-0.1, -0.05) is 19.1 Å². The van der Waals surface area contributed by atoms with Gasteiger partial charge in [-0.15, -0.1) is 11.3 Å². The molecule has 0 aliphatic rings. The summed E-state index contributed by atoms with van der Waals surface area (Å²) < 4.78 is 24.1. The standard InChI is InChI=1S/C15H18BrNO2S2/c1-3-17-15(9-13-8-12(16)10-20-13)11-4-6-14(7-5-11)21(2,18)19/h4-8,10,15,17H,3,9H2,1-2H3. The van der Waals surface area contributed by atoms with Crippen molar-refractivity contribution in [2.75, 3.05) is 12.8 Å². The monoisotopic (exact) mass is 387 g/mol. The van der Waals surface area contributed by atoms with Gasteiger partial charge in [-0.05, 0) is 46.2 Å². The largest absolute Gasteiger partial charge is 0.310 e. The Morgan fingerprint density at radius 3 is 2.43 bits per heavy atom. The number of hydrogen-bond acceptors (Lipinski definition) is 4. The average Bonchev–Trinajstić information content (AvgIpc) is 2.83. The fourth-order valence-corrected chi connectivity index (χ4v) is 4.29. The number of hydrogen-bond donors (Lipinski definition) is 1. The SMILES string of the molecule is CCNC(Cc1cc(Br)cs1)c1ccc(S(C)(=O)=O)cc1. The number of halogens is 1. The summed E-state index contributed by atoms with van der Waals surface area (Å²) in [5, 5.41) is 5.53. The molecule has 2 aromatic rings. The van der Waals surface area contributed by atoms with E-state index in [9.17, 15) is 8.42 Å². The molecule has 1 N–H and O–H groups in total. The molecule has 0 fully saturated rings. The first-order chi connectivity index (χ1) is 9.90. The maximum absolute atomic E-state index is 11.5. The smallest absolute Gasteiger partial charge is 0.175 e. The zero-order valence-electron chi connectivity index (χ0n) is 12.0. The van der Waals surface area contributed by atoms with Crippen LogP contribution in [0.15, 0.2) is 45.1 Å². The van der Waals surface area contributed by atoms with Crippen LogP contribution in [0.25, 0.3) is 0 Å². The second-order valence-corrected chi connectivity index (χ2v) is 8.81. The molecule has 0 bridgehead atoms. The van der Waals surface area contributed by atoms with Gasteiger partial charge in [0.05, 0.1) is 4.90 Å². The Morgan fingerprint density at radius 1 is 1.29 bits per heavy atom. The van der Waals surface area contributed by atoms with Crippen molar-refractivity contribution < 1.29 is 8.42 Å². The van der Waals surface area contributed by atoms with Gasteiger partial charge in [0.15, 0.2) is 9.84 Å². The highest BCUT2D eigenvalue weighted by atomic mass is 79.9. The molecule has 0 aliphatic heterocycles. The highest BCUT2D eigenvalue weighted by molar-refractivity contribution is 9.10. The molecular formula is C15H18BrNO2S2. The molecule has 0 saturated carbocycles. The summed E-state index contributed by atoms with van der Waals surface area (Å²) in [7, 11) is -3.14. The zero-order chi connectivity index (χ0) is 15.5. The van der Waals surface area contributed by atoms with E-state index in [1.54, 1.807) is 23.5 Å². The third-order valence-electron chi connectivity index (χ3n) is 3.19. The Labute approximate surface area is 138 Å². The predicted molar refractivity (Wildman–Crippen MR) is 91.7 cm³/mol. The second-order valence-electron chi connectivity index (χ2n) is 4.89. The van der Waals surface area contributed by atoms with Crippen LogP contribution in [0.5, 0.6) is 0 Å². The molecule has 6 heteroatoms. The highest BCUT2D eigenvalue weighted by Crippen LogP contribution is 2.26. The fraction of sp³-hybridized carbons (Fsp3) is 0.333. The normalized spacial score (nSPS) is 13.3. The van der Waals surface area contributed by atoms with Gasteiger partial charge in [-0.25, -0.2) is 8.42 Å². The van der Waals surface area contributed by atoms with E-state index in [4.69, 9.17) is 0 Å². The van der Waals surface area contributed by atoms with Crippen molar-refractivity contribution in [2.45, 2.75) is 24.3 Å². The molecule has 0 saturated heterocycles. The first kappa shape index (κ1) is 16.7. The molecule has 0 radical (unpaired) electrons. The summed E-state index contributed by atoms with van der Waals surface area (Å²) in [5.74, 6) is 0. The molecule has 0 aliphatic carbocycles. The van der Waals surface area contributed by atoms with E-state index in [0.29, 0.717) is 4.90 Å². The molecular weight excluding hydrogens is 370 g/mol. The number of nitrogens with one attached hydrogen (secondary N) is 1. The van der Waals surface area contributed by atoms with Gasteiger partial charge in [-0.3, -0.25) is 0 Å². The Bertz CT molecular complexity index is 693. The number of benzene rings is 1. The summed E-state index contributed by atoms with van der Waals surface area (Å²) in [6.07, 6.45) is 2.12. The van der Waals surface area contributed by atoms with E-state index in [1.165, 1.54) is 11.1 Å². The molecule has 3 nitrogen and oxygen atoms in total. The van der Waals surface area contributed by atoms with E-state index in [-0.39, 0.29) is 6.04 Å². The van der Waals surface area contributed by atoms with Crippen LogP contribution in [0.3, 0.4) is 0 Å². The first-order valence-electron chi connectivity index (χ1n) is 6.66. The number of thiophene rings is 1. The molecule has 114 valence electrons. The molecule has 1 aromatic carbocycles. The maximum atomic E-state index is 11.5. The average molecular weight is 388 g/mol. The fourth-order valence-electron chi connectivity index (χ4n) is 2.16. The minimum atomic E-state index is -3.14. The summed E-state index contributed by atoms with van der Waals surface area (Å²) in [6, 6.07) is 9.46. The van der Waals surface area contributed by atoms with Gasteiger partial charge >= 0.3 is 0 Å². The predicted octanol–water partition coefficient (Wildman–Crippen LogP) is 3.81. The summed E-state index contributed by atoms with van der Waals surface area (Å²) in [4.78, 5) is 1.65. The molecule has 1 aromatic heterocycles. The van der Waals surface area contributed by atoms with Gasteiger partial charge in [0.25, 0.3) is 0 Å². The maximum Gasteiger partial charge on any atom is 0.175 e. The molecule has 1 heterocycles. The Kier molecular flexibility index (Phi) is 5.60. The molecule has 1 unspecified atom stereocenters. The van der Waals surface area contributed by atoms with E-state index < -0.39 is 9.84 Å². The van der Waals surface area contributed by atoms with E-state index >= 15 is 0 Å². The lowest BCUT2D eigenvalue weighted by atomic mass is 10.0. The van der Waals surface area contributed by atoms with Crippen LogP contribution in [0.1, 0.15) is 23.4 Å². The number of likely N-dealkylation sites (N-methyl/N-ethyl adjacent to an activating group) is 1. The van der Waals surface area contributed by atoms with Crippen molar-refractivity contribution >= 4 is 37.1 Å². The minimum Gasteiger partial charge on any atom is -0.310 e. The highest BCUT2D eigenvalue weighted by Gasteiger charge is 2.14. The molecule has 0 amide bonds. The van der Waals surface area contributed by atoms with Gasteiger partial charge in [-0.2, -0.15) is 0 Å². The second kappa shape index (κ2) is 7.05. The van der Waals surface area contributed by atoms with E-state index in [1.807, 2.05) is 12.1 Å². The van der Waals surface area contributed by atoms with Gasteiger partial charge in [0, 0.05) is 33.4 Å². The van der Waals surface area contributed by atoms with Gasteiger partial charge < -0.3 is 5.32 Å². The van der Waals surface area contributed by atoms with Crippen molar-refractivity contribution in [1.29, 1.82) is 0 Å². The molecule has 2 rings (SSSR count). The lowest BCUT2D eigenvalue weighted by Crippen LogP contribution is -2.22.